The third kappa shape index (κ3) is 5.42. The van der Waals surface area contributed by atoms with Crippen LogP contribution < -0.4 is 0 Å². The van der Waals surface area contributed by atoms with Gasteiger partial charge in [-0.05, 0) is 130 Å². The first kappa shape index (κ1) is 35.9. The van der Waals surface area contributed by atoms with Gasteiger partial charge in [0.25, 0.3) is 0 Å². The lowest BCUT2D eigenvalue weighted by Crippen LogP contribution is -2.15. The molecule has 0 N–H and O–H groups in total. The minimum atomic E-state index is -0.184. The van der Waals surface area contributed by atoms with E-state index in [2.05, 4.69) is 219 Å². The Bertz CT molecular complexity index is 3660. The van der Waals surface area contributed by atoms with Crippen LogP contribution in [0.15, 0.2) is 194 Å². The first-order valence-electron chi connectivity index (χ1n) is 21.4. The Kier molecular flexibility index (Phi) is 7.98. The molecule has 0 saturated heterocycles. The molecule has 0 spiro atoms. The third-order valence-corrected chi connectivity index (χ3v) is 13.4. The van der Waals surface area contributed by atoms with E-state index < -0.39 is 0 Å². The average Bonchev–Trinajstić information content (AvgIpc) is 3.77. The molecule has 1 heterocycles. The highest BCUT2D eigenvalue weighted by Gasteiger charge is 2.36. The summed E-state index contributed by atoms with van der Waals surface area (Å²) in [7, 11) is 0. The number of para-hydroxylation sites is 1. The zero-order valence-corrected chi connectivity index (χ0v) is 34.5. The van der Waals surface area contributed by atoms with Crippen molar-refractivity contribution in [1.29, 1.82) is 5.26 Å². The van der Waals surface area contributed by atoms with E-state index in [1.54, 1.807) is 0 Å². The highest BCUT2D eigenvalue weighted by Crippen LogP contribution is 2.52. The van der Waals surface area contributed by atoms with E-state index in [4.69, 9.17) is 0 Å². The van der Waals surface area contributed by atoms with Gasteiger partial charge in [0.2, 0.25) is 0 Å². The maximum atomic E-state index is 9.57. The van der Waals surface area contributed by atoms with E-state index in [1.807, 2.05) is 12.1 Å². The third-order valence-electron chi connectivity index (χ3n) is 13.4. The molecule has 12 rings (SSSR count). The molecule has 2 heteroatoms. The van der Waals surface area contributed by atoms with Gasteiger partial charge in [-0.15, -0.1) is 0 Å². The van der Waals surface area contributed by atoms with Crippen LogP contribution in [-0.2, 0) is 5.41 Å². The van der Waals surface area contributed by atoms with Crippen molar-refractivity contribution in [3.05, 3.63) is 222 Å². The van der Waals surface area contributed by atoms with Crippen LogP contribution in [0.4, 0.5) is 0 Å². The number of hydrogen-bond acceptors (Lipinski definition) is 1. The Balaban J connectivity index is 0.898. The Morgan fingerprint density at radius 2 is 1.00 bits per heavy atom. The highest BCUT2D eigenvalue weighted by atomic mass is 15.0. The molecular formula is C60H40N2. The van der Waals surface area contributed by atoms with Crippen LogP contribution >= 0.6 is 0 Å². The molecule has 2 nitrogen and oxygen atoms in total. The van der Waals surface area contributed by atoms with Crippen molar-refractivity contribution < 1.29 is 0 Å². The van der Waals surface area contributed by atoms with Crippen LogP contribution in [0.3, 0.4) is 0 Å². The normalized spacial score (nSPS) is 13.0. The van der Waals surface area contributed by atoms with Crippen molar-refractivity contribution in [2.24, 2.45) is 0 Å². The largest absolute Gasteiger partial charge is 0.309 e. The summed E-state index contributed by atoms with van der Waals surface area (Å²) in [6, 6.07) is 72.9. The molecule has 0 saturated carbocycles. The lowest BCUT2D eigenvalue weighted by molar-refractivity contribution is 0.660. The van der Waals surface area contributed by atoms with Crippen molar-refractivity contribution >= 4 is 66.3 Å². The summed E-state index contributed by atoms with van der Waals surface area (Å²) in [5, 5.41) is 19.4. The number of rotatable bonds is 5. The summed E-state index contributed by atoms with van der Waals surface area (Å²) in [5.41, 5.74) is 16.6. The first-order chi connectivity index (χ1) is 30.5. The number of benzene rings is 10. The predicted octanol–water partition coefficient (Wildman–Crippen LogP) is 15.9. The van der Waals surface area contributed by atoms with Crippen LogP contribution in [0.2, 0.25) is 0 Å². The molecule has 0 radical (unpaired) electrons. The van der Waals surface area contributed by atoms with Crippen LogP contribution in [-0.4, -0.2) is 4.57 Å². The van der Waals surface area contributed by atoms with Crippen LogP contribution in [0.1, 0.15) is 41.7 Å². The summed E-state index contributed by atoms with van der Waals surface area (Å²) < 4.78 is 2.29. The van der Waals surface area contributed by atoms with E-state index in [1.165, 1.54) is 82.4 Å². The summed E-state index contributed by atoms with van der Waals surface area (Å²) in [4.78, 5) is 0. The molecule has 0 bridgehead atoms. The quantitative estimate of drug-likeness (QED) is 0.126. The molecule has 290 valence electrons. The second-order valence-electron chi connectivity index (χ2n) is 17.2. The van der Waals surface area contributed by atoms with E-state index in [-0.39, 0.29) is 5.41 Å². The van der Waals surface area contributed by atoms with Crippen LogP contribution in [0.5, 0.6) is 0 Å². The van der Waals surface area contributed by atoms with Gasteiger partial charge in [0.05, 0.1) is 22.7 Å². The molecule has 10 aromatic carbocycles. The van der Waals surface area contributed by atoms with Gasteiger partial charge in [-0.25, -0.2) is 0 Å². The van der Waals surface area contributed by atoms with E-state index in [9.17, 15) is 5.26 Å². The summed E-state index contributed by atoms with van der Waals surface area (Å²) in [5.74, 6) is 0. The minimum absolute atomic E-state index is 0.184. The number of nitriles is 1. The van der Waals surface area contributed by atoms with Gasteiger partial charge in [-0.2, -0.15) is 5.26 Å². The van der Waals surface area contributed by atoms with Gasteiger partial charge in [0.1, 0.15) is 0 Å². The van der Waals surface area contributed by atoms with Crippen molar-refractivity contribution in [3.63, 3.8) is 0 Å². The monoisotopic (exact) mass is 788 g/mol. The van der Waals surface area contributed by atoms with Crippen molar-refractivity contribution in [1.82, 2.24) is 4.57 Å². The first-order valence-corrected chi connectivity index (χ1v) is 21.4. The van der Waals surface area contributed by atoms with Crippen molar-refractivity contribution in [2.45, 2.75) is 19.3 Å². The second-order valence-corrected chi connectivity index (χ2v) is 17.2. The van der Waals surface area contributed by atoms with E-state index in [0.717, 1.165) is 33.1 Å². The smallest absolute Gasteiger partial charge is 0.0991 e. The van der Waals surface area contributed by atoms with Gasteiger partial charge in [-0.3, -0.25) is 0 Å². The zero-order chi connectivity index (χ0) is 41.5. The molecule has 0 atom stereocenters. The highest BCUT2D eigenvalue weighted by molar-refractivity contribution is 6.23. The molecule has 0 amide bonds. The molecule has 62 heavy (non-hydrogen) atoms. The second kappa shape index (κ2) is 13.8. The average molecular weight is 789 g/mol. The fraction of sp³-hybridized carbons (Fsp3) is 0.0500. The molecule has 1 aliphatic carbocycles. The fourth-order valence-electron chi connectivity index (χ4n) is 10.4. The molecule has 0 unspecified atom stereocenters. The molecule has 1 aromatic heterocycles. The molecular weight excluding hydrogens is 749 g/mol. The molecule has 0 fully saturated rings. The Hall–Kier alpha value is -7.99. The number of aromatic nitrogens is 1. The number of fused-ring (bicyclic) bond motifs is 9. The summed E-state index contributed by atoms with van der Waals surface area (Å²) in [6.45, 7) is 4.76. The summed E-state index contributed by atoms with van der Waals surface area (Å²) in [6.07, 6.45) is 4.45. The van der Waals surface area contributed by atoms with Crippen LogP contribution in [0, 0.1) is 11.3 Å². The lowest BCUT2D eigenvalue weighted by Gasteiger charge is -2.23. The standard InChI is InChI=1S/C60H40N2/c1-60(2)54-35-39(23-22-38-24-29-43(30-25-38)62-56-21-10-9-15-47(56)53-34-40(37-61)27-33-57(53)62)26-31-45(54)46-32-28-42(36-55(46)60)58-49-16-5-7-18-51(49)59(52-19-8-6-17-50(52)58)48-20-11-13-41-12-3-4-14-44(41)48/h3-36H,1-2H3/b23-22+. The number of nitrogens with zero attached hydrogens (tertiary/aromatic N) is 2. The maximum Gasteiger partial charge on any atom is 0.0991 e. The Labute approximate surface area is 360 Å². The Morgan fingerprint density at radius 3 is 1.73 bits per heavy atom. The SMILES string of the molecule is CC1(C)c2cc(/C=C/c3ccc(-n4c5ccccc5c5cc(C#N)ccc54)cc3)ccc2-c2ccc(-c3c4ccccc4c(-c4cccc5ccccc45)c4ccccc34)cc21. The topological polar surface area (TPSA) is 28.7 Å². The van der Waals surface area contributed by atoms with Crippen molar-refractivity contribution in [3.8, 4) is 45.1 Å². The van der Waals surface area contributed by atoms with Gasteiger partial charge in [0.15, 0.2) is 0 Å². The summed E-state index contributed by atoms with van der Waals surface area (Å²) >= 11 is 0. The van der Waals surface area contributed by atoms with Crippen LogP contribution in [0.25, 0.3) is 105 Å². The number of hydrogen-bond donors (Lipinski definition) is 0. The van der Waals surface area contributed by atoms with Crippen molar-refractivity contribution in [2.75, 3.05) is 0 Å². The lowest BCUT2D eigenvalue weighted by atomic mass is 9.80. The molecule has 11 aromatic rings. The van der Waals surface area contributed by atoms with Gasteiger partial charge in [0, 0.05) is 21.9 Å². The van der Waals surface area contributed by atoms with Gasteiger partial charge in [-0.1, -0.05) is 178 Å². The van der Waals surface area contributed by atoms with Gasteiger partial charge < -0.3 is 4.57 Å². The van der Waals surface area contributed by atoms with E-state index in [0.29, 0.717) is 5.56 Å². The molecule has 1 aliphatic rings. The maximum absolute atomic E-state index is 9.57. The molecule has 0 aliphatic heterocycles. The fourth-order valence-corrected chi connectivity index (χ4v) is 10.4. The zero-order valence-electron chi connectivity index (χ0n) is 34.5. The van der Waals surface area contributed by atoms with Gasteiger partial charge >= 0.3 is 0 Å². The predicted molar refractivity (Wildman–Crippen MR) is 262 cm³/mol. The van der Waals surface area contributed by atoms with E-state index >= 15 is 0 Å². The minimum Gasteiger partial charge on any atom is -0.309 e. The Morgan fingerprint density at radius 1 is 0.435 bits per heavy atom.